The third-order valence-electron chi connectivity index (χ3n) is 3.14. The molecular weight excluding hydrogens is 171 g/mol. The van der Waals surface area contributed by atoms with Crippen molar-refractivity contribution in [1.29, 1.82) is 0 Å². The van der Waals surface area contributed by atoms with Gasteiger partial charge in [0.25, 0.3) is 0 Å². The molecule has 2 N–H and O–H groups in total. The molecule has 1 aliphatic heterocycles. The van der Waals surface area contributed by atoms with Gasteiger partial charge in [-0.2, -0.15) is 0 Å². The zero-order valence-corrected chi connectivity index (χ0v) is 7.79. The Kier molecular flexibility index (Phi) is 1.84. The molecule has 2 aliphatic rings. The summed E-state index contributed by atoms with van der Waals surface area (Å²) >= 11 is 0. The molecule has 74 valence electrons. The summed E-state index contributed by atoms with van der Waals surface area (Å²) in [5, 5.41) is 0. The average Bonchev–Trinajstić information content (AvgIpc) is 2.75. The van der Waals surface area contributed by atoms with Gasteiger partial charge in [0.15, 0.2) is 0 Å². The molecular formula is C9H15FN2O. The van der Waals surface area contributed by atoms with E-state index in [4.69, 9.17) is 5.73 Å². The van der Waals surface area contributed by atoms with Crippen LogP contribution in [0.1, 0.15) is 19.8 Å². The fourth-order valence-corrected chi connectivity index (χ4v) is 2.02. The summed E-state index contributed by atoms with van der Waals surface area (Å²) in [5.41, 5.74) is 5.28. The maximum absolute atomic E-state index is 13.4. The first-order valence-electron chi connectivity index (χ1n) is 4.74. The van der Waals surface area contributed by atoms with Crippen molar-refractivity contribution >= 4 is 5.91 Å². The number of amides is 1. The summed E-state index contributed by atoms with van der Waals surface area (Å²) in [5.74, 6) is -0.119. The van der Waals surface area contributed by atoms with Crippen molar-refractivity contribution in [3.63, 3.8) is 0 Å². The van der Waals surface area contributed by atoms with Gasteiger partial charge in [-0.1, -0.05) is 0 Å². The van der Waals surface area contributed by atoms with E-state index in [0.29, 0.717) is 6.54 Å². The van der Waals surface area contributed by atoms with E-state index in [2.05, 4.69) is 0 Å². The molecule has 0 radical (unpaired) electrons. The van der Waals surface area contributed by atoms with Gasteiger partial charge in [0, 0.05) is 12.0 Å². The highest BCUT2D eigenvalue weighted by Gasteiger charge is 2.56. The minimum Gasteiger partial charge on any atom is -0.338 e. The summed E-state index contributed by atoms with van der Waals surface area (Å²) in [7, 11) is 0. The molecule has 4 heteroatoms. The first-order chi connectivity index (χ1) is 6.05. The molecule has 1 saturated carbocycles. The van der Waals surface area contributed by atoms with Gasteiger partial charge in [-0.25, -0.2) is 4.39 Å². The van der Waals surface area contributed by atoms with Gasteiger partial charge >= 0.3 is 0 Å². The minimum absolute atomic E-state index is 0.119. The molecule has 1 aliphatic carbocycles. The standard InChI is InChI=1S/C9H15FN2O/c1-6(11)8(13)12-4-7(10)9(5-12)2-3-9/h6-7H,2-5,11H2,1H3/t6-,7?/m1/s1. The highest BCUT2D eigenvalue weighted by atomic mass is 19.1. The van der Waals surface area contributed by atoms with Crippen LogP contribution in [0.2, 0.25) is 0 Å². The topological polar surface area (TPSA) is 46.3 Å². The molecule has 2 atom stereocenters. The first kappa shape index (κ1) is 8.94. The molecule has 2 rings (SSSR count). The molecule has 1 unspecified atom stereocenters. The summed E-state index contributed by atoms with van der Waals surface area (Å²) < 4.78 is 13.4. The van der Waals surface area contributed by atoms with Crippen molar-refractivity contribution in [3.05, 3.63) is 0 Å². The third kappa shape index (κ3) is 1.33. The van der Waals surface area contributed by atoms with Crippen LogP contribution >= 0.6 is 0 Å². The number of nitrogens with zero attached hydrogens (tertiary/aromatic N) is 1. The third-order valence-corrected chi connectivity index (χ3v) is 3.14. The molecule has 1 heterocycles. The number of likely N-dealkylation sites (tertiary alicyclic amines) is 1. The van der Waals surface area contributed by atoms with Crippen LogP contribution in [-0.4, -0.2) is 36.1 Å². The smallest absolute Gasteiger partial charge is 0.239 e. The van der Waals surface area contributed by atoms with Crippen molar-refractivity contribution in [2.24, 2.45) is 11.1 Å². The number of halogens is 1. The lowest BCUT2D eigenvalue weighted by atomic mass is 10.1. The van der Waals surface area contributed by atoms with Gasteiger partial charge < -0.3 is 10.6 Å². The lowest BCUT2D eigenvalue weighted by molar-refractivity contribution is -0.131. The summed E-state index contributed by atoms with van der Waals surface area (Å²) in [6.45, 7) is 2.47. The quantitative estimate of drug-likeness (QED) is 0.640. The maximum atomic E-state index is 13.4. The Morgan fingerprint density at radius 3 is 2.69 bits per heavy atom. The Morgan fingerprint density at radius 1 is 1.69 bits per heavy atom. The fraction of sp³-hybridized carbons (Fsp3) is 0.889. The fourth-order valence-electron chi connectivity index (χ4n) is 2.02. The number of alkyl halides is 1. The Morgan fingerprint density at radius 2 is 2.31 bits per heavy atom. The number of carbonyl (C=O) groups excluding carboxylic acids is 1. The zero-order chi connectivity index (χ0) is 9.64. The van der Waals surface area contributed by atoms with Crippen molar-refractivity contribution in [1.82, 2.24) is 4.90 Å². The normalized spacial score (nSPS) is 32.2. The van der Waals surface area contributed by atoms with E-state index in [0.717, 1.165) is 12.8 Å². The zero-order valence-electron chi connectivity index (χ0n) is 7.79. The molecule has 0 bridgehead atoms. The Hall–Kier alpha value is -0.640. The number of rotatable bonds is 1. The first-order valence-corrected chi connectivity index (χ1v) is 4.74. The van der Waals surface area contributed by atoms with Crippen LogP contribution in [0.5, 0.6) is 0 Å². The highest BCUT2D eigenvalue weighted by molar-refractivity contribution is 5.81. The Labute approximate surface area is 77.1 Å². The van der Waals surface area contributed by atoms with Crippen LogP contribution < -0.4 is 5.73 Å². The molecule has 13 heavy (non-hydrogen) atoms. The van der Waals surface area contributed by atoms with Gasteiger partial charge in [-0.3, -0.25) is 4.79 Å². The van der Waals surface area contributed by atoms with Gasteiger partial charge in [0.2, 0.25) is 5.91 Å². The Balaban J connectivity index is 2.01. The molecule has 0 aromatic carbocycles. The number of nitrogens with two attached hydrogens (primary N) is 1. The van der Waals surface area contributed by atoms with E-state index >= 15 is 0 Å². The van der Waals surface area contributed by atoms with Gasteiger partial charge in [-0.05, 0) is 19.8 Å². The van der Waals surface area contributed by atoms with E-state index in [1.54, 1.807) is 11.8 Å². The van der Waals surface area contributed by atoms with E-state index in [1.807, 2.05) is 0 Å². The number of carbonyl (C=O) groups is 1. The predicted molar refractivity (Wildman–Crippen MR) is 46.8 cm³/mol. The summed E-state index contributed by atoms with van der Waals surface area (Å²) in [6, 6.07) is -0.499. The van der Waals surface area contributed by atoms with E-state index in [1.165, 1.54) is 0 Å². The van der Waals surface area contributed by atoms with E-state index in [-0.39, 0.29) is 17.9 Å². The summed E-state index contributed by atoms with van der Waals surface area (Å²) in [4.78, 5) is 13.0. The van der Waals surface area contributed by atoms with Crippen LogP contribution in [0.4, 0.5) is 4.39 Å². The van der Waals surface area contributed by atoms with Crippen molar-refractivity contribution in [2.75, 3.05) is 13.1 Å². The number of hydrogen-bond donors (Lipinski definition) is 1. The average molecular weight is 186 g/mol. The second-order valence-corrected chi connectivity index (χ2v) is 4.34. The van der Waals surface area contributed by atoms with E-state index < -0.39 is 12.2 Å². The molecule has 1 spiro atoms. The lowest BCUT2D eigenvalue weighted by Crippen LogP contribution is -2.41. The van der Waals surface area contributed by atoms with Crippen LogP contribution in [0.3, 0.4) is 0 Å². The van der Waals surface area contributed by atoms with Crippen molar-refractivity contribution < 1.29 is 9.18 Å². The van der Waals surface area contributed by atoms with Crippen LogP contribution in [-0.2, 0) is 4.79 Å². The van der Waals surface area contributed by atoms with Crippen molar-refractivity contribution in [3.8, 4) is 0 Å². The lowest BCUT2D eigenvalue weighted by Gasteiger charge is -2.17. The van der Waals surface area contributed by atoms with Crippen LogP contribution in [0.25, 0.3) is 0 Å². The predicted octanol–water partition coefficient (Wildman–Crippen LogP) is 0.294. The second-order valence-electron chi connectivity index (χ2n) is 4.34. The SMILES string of the molecule is C[C@@H](N)C(=O)N1CC(F)C2(CC2)C1. The molecule has 3 nitrogen and oxygen atoms in total. The summed E-state index contributed by atoms with van der Waals surface area (Å²) in [6.07, 6.45) is 1.03. The highest BCUT2D eigenvalue weighted by Crippen LogP contribution is 2.54. The van der Waals surface area contributed by atoms with Gasteiger partial charge in [-0.15, -0.1) is 0 Å². The maximum Gasteiger partial charge on any atom is 0.239 e. The minimum atomic E-state index is -0.824. The van der Waals surface area contributed by atoms with E-state index in [9.17, 15) is 9.18 Å². The van der Waals surface area contributed by atoms with Crippen LogP contribution in [0, 0.1) is 5.41 Å². The number of hydrogen-bond acceptors (Lipinski definition) is 2. The molecule has 0 aromatic heterocycles. The molecule has 0 aromatic rings. The monoisotopic (exact) mass is 186 g/mol. The van der Waals surface area contributed by atoms with Gasteiger partial charge in [0.1, 0.15) is 6.17 Å². The van der Waals surface area contributed by atoms with Crippen LogP contribution in [0.15, 0.2) is 0 Å². The largest absolute Gasteiger partial charge is 0.338 e. The molecule has 1 saturated heterocycles. The Bertz CT molecular complexity index is 238. The van der Waals surface area contributed by atoms with Crippen molar-refractivity contribution in [2.45, 2.75) is 32.0 Å². The molecule has 1 amide bonds. The second kappa shape index (κ2) is 2.67. The van der Waals surface area contributed by atoms with Gasteiger partial charge in [0.05, 0.1) is 12.6 Å². The molecule has 2 fully saturated rings.